The summed E-state index contributed by atoms with van der Waals surface area (Å²) in [6.45, 7) is 0.241. The summed E-state index contributed by atoms with van der Waals surface area (Å²) < 4.78 is 48.9. The predicted octanol–water partition coefficient (Wildman–Crippen LogP) is 3.81. The average molecular weight is 423 g/mol. The van der Waals surface area contributed by atoms with Gasteiger partial charge in [-0.3, -0.25) is 4.79 Å². The van der Waals surface area contributed by atoms with Crippen molar-refractivity contribution in [3.63, 3.8) is 0 Å². The number of hydrogen-bond acceptors (Lipinski definition) is 4. The van der Waals surface area contributed by atoms with Crippen LogP contribution in [0.5, 0.6) is 17.2 Å². The van der Waals surface area contributed by atoms with E-state index in [4.69, 9.17) is 9.47 Å². The van der Waals surface area contributed by atoms with E-state index in [1.54, 1.807) is 19.2 Å². The van der Waals surface area contributed by atoms with Crippen molar-refractivity contribution in [1.29, 1.82) is 0 Å². The molecular formula is C20H20F3N3O4. The number of anilines is 1. The zero-order valence-corrected chi connectivity index (χ0v) is 16.5. The lowest BCUT2D eigenvalue weighted by Crippen LogP contribution is -2.40. The second-order valence-corrected chi connectivity index (χ2v) is 6.77. The number of rotatable bonds is 5. The van der Waals surface area contributed by atoms with Crippen LogP contribution in [0.3, 0.4) is 0 Å². The number of ether oxygens (including phenoxy) is 2. The van der Waals surface area contributed by atoms with E-state index in [9.17, 15) is 22.8 Å². The molecule has 2 aromatic carbocycles. The molecular weight excluding hydrogens is 403 g/mol. The first-order chi connectivity index (χ1) is 14.1. The summed E-state index contributed by atoms with van der Waals surface area (Å²) >= 11 is 0. The molecule has 30 heavy (non-hydrogen) atoms. The fourth-order valence-corrected chi connectivity index (χ4v) is 3.03. The van der Waals surface area contributed by atoms with Gasteiger partial charge in [-0.25, -0.2) is 4.79 Å². The first-order valence-electron chi connectivity index (χ1n) is 8.92. The van der Waals surface area contributed by atoms with E-state index in [0.717, 1.165) is 12.1 Å². The van der Waals surface area contributed by atoms with Gasteiger partial charge in [-0.1, -0.05) is 0 Å². The number of methoxy groups -OCH3 is 1. The molecule has 0 bridgehead atoms. The number of nitrogens with one attached hydrogen (secondary N) is 1. The van der Waals surface area contributed by atoms with E-state index in [1.807, 2.05) is 0 Å². The van der Waals surface area contributed by atoms with E-state index in [1.165, 1.54) is 42.2 Å². The van der Waals surface area contributed by atoms with Crippen LogP contribution >= 0.6 is 0 Å². The molecule has 0 aromatic heterocycles. The van der Waals surface area contributed by atoms with E-state index >= 15 is 0 Å². The Labute approximate surface area is 171 Å². The van der Waals surface area contributed by atoms with Crippen molar-refractivity contribution in [2.24, 2.45) is 0 Å². The highest BCUT2D eigenvalue weighted by molar-refractivity contribution is 5.99. The lowest BCUT2D eigenvalue weighted by atomic mass is 10.2. The number of amides is 3. The Hall–Kier alpha value is -3.43. The van der Waals surface area contributed by atoms with Crippen molar-refractivity contribution >= 4 is 17.6 Å². The lowest BCUT2D eigenvalue weighted by molar-refractivity contribution is -0.137. The quantitative estimate of drug-likeness (QED) is 0.794. The van der Waals surface area contributed by atoms with Crippen LogP contribution in [-0.2, 0) is 11.0 Å². The molecule has 1 heterocycles. The molecule has 1 aliphatic heterocycles. The van der Waals surface area contributed by atoms with Gasteiger partial charge in [-0.2, -0.15) is 13.2 Å². The Morgan fingerprint density at radius 1 is 1.10 bits per heavy atom. The van der Waals surface area contributed by atoms with Crippen molar-refractivity contribution in [2.75, 3.05) is 33.1 Å². The molecule has 1 aliphatic rings. The highest BCUT2D eigenvalue weighted by atomic mass is 19.4. The molecule has 10 heteroatoms. The SMILES string of the molecule is COc1ccc(Oc2ccc(C(F)(F)F)cc2)cc1NC(=O)[C@@H]1CN(C)C(=O)N1C. The minimum atomic E-state index is -4.43. The third-order valence-electron chi connectivity index (χ3n) is 4.69. The summed E-state index contributed by atoms with van der Waals surface area (Å²) in [5, 5.41) is 2.72. The van der Waals surface area contributed by atoms with Gasteiger partial charge in [0.15, 0.2) is 0 Å². The average Bonchev–Trinajstić information content (AvgIpc) is 2.95. The molecule has 1 saturated heterocycles. The number of carbonyl (C=O) groups is 2. The second-order valence-electron chi connectivity index (χ2n) is 6.77. The monoisotopic (exact) mass is 423 g/mol. The maximum absolute atomic E-state index is 12.7. The van der Waals surface area contributed by atoms with Gasteiger partial charge < -0.3 is 24.6 Å². The van der Waals surface area contributed by atoms with Gasteiger partial charge in [-0.05, 0) is 36.4 Å². The number of benzene rings is 2. The molecule has 7 nitrogen and oxygen atoms in total. The number of likely N-dealkylation sites (N-methyl/N-ethyl adjacent to an activating group) is 2. The number of nitrogens with zero attached hydrogens (tertiary/aromatic N) is 2. The molecule has 3 amide bonds. The number of carbonyl (C=O) groups excluding carboxylic acids is 2. The highest BCUT2D eigenvalue weighted by Crippen LogP contribution is 2.34. The van der Waals surface area contributed by atoms with Crippen LogP contribution in [0, 0.1) is 0 Å². The van der Waals surface area contributed by atoms with Crippen molar-refractivity contribution in [2.45, 2.75) is 12.2 Å². The summed E-state index contributed by atoms with van der Waals surface area (Å²) in [7, 11) is 4.57. The summed E-state index contributed by atoms with van der Waals surface area (Å²) in [5.74, 6) is 0.454. The summed E-state index contributed by atoms with van der Waals surface area (Å²) in [5.41, 5.74) is -0.472. The first-order valence-corrected chi connectivity index (χ1v) is 8.92. The van der Waals surface area contributed by atoms with E-state index < -0.39 is 23.7 Å². The van der Waals surface area contributed by atoms with Crippen molar-refractivity contribution < 1.29 is 32.2 Å². The number of halogens is 3. The van der Waals surface area contributed by atoms with Gasteiger partial charge in [0.1, 0.15) is 23.3 Å². The number of urea groups is 1. The Morgan fingerprint density at radius 2 is 1.73 bits per heavy atom. The van der Waals surface area contributed by atoms with Gasteiger partial charge in [0.2, 0.25) is 5.91 Å². The van der Waals surface area contributed by atoms with Crippen LogP contribution in [0.2, 0.25) is 0 Å². The maximum atomic E-state index is 12.7. The van der Waals surface area contributed by atoms with Crippen molar-refractivity contribution in [3.8, 4) is 17.2 Å². The molecule has 1 fully saturated rings. The molecule has 0 radical (unpaired) electrons. The van der Waals surface area contributed by atoms with Crippen molar-refractivity contribution in [1.82, 2.24) is 9.80 Å². The summed E-state index contributed by atoms with van der Waals surface area (Å²) in [4.78, 5) is 27.3. The standard InChI is InChI=1S/C20H20F3N3O4/c1-25-11-16(26(2)19(25)28)18(27)24-15-10-14(8-9-17(15)29-3)30-13-6-4-12(5-7-13)20(21,22)23/h4-10,16H,11H2,1-3H3,(H,24,27)/t16-/m0/s1. The normalized spacial score (nSPS) is 16.6. The largest absolute Gasteiger partial charge is 0.495 e. The Balaban J connectivity index is 1.77. The van der Waals surface area contributed by atoms with Crippen molar-refractivity contribution in [3.05, 3.63) is 48.0 Å². The Kier molecular flexibility index (Phi) is 5.77. The smallest absolute Gasteiger partial charge is 0.416 e. The molecule has 0 saturated carbocycles. The molecule has 0 spiro atoms. The molecule has 0 aliphatic carbocycles. The summed E-state index contributed by atoms with van der Waals surface area (Å²) in [6.07, 6.45) is -4.43. The Bertz CT molecular complexity index is 947. The third kappa shape index (κ3) is 4.42. The van der Waals surface area contributed by atoms with Gasteiger partial charge >= 0.3 is 12.2 Å². The van der Waals surface area contributed by atoms with Gasteiger partial charge in [0, 0.05) is 20.2 Å². The maximum Gasteiger partial charge on any atom is 0.416 e. The molecule has 160 valence electrons. The first kappa shape index (κ1) is 21.3. The van der Waals surface area contributed by atoms with Crippen LogP contribution in [0.4, 0.5) is 23.7 Å². The van der Waals surface area contributed by atoms with E-state index in [-0.39, 0.29) is 18.3 Å². The molecule has 2 aromatic rings. The van der Waals surface area contributed by atoms with Gasteiger partial charge in [0.25, 0.3) is 0 Å². The van der Waals surface area contributed by atoms with Crippen LogP contribution in [0.15, 0.2) is 42.5 Å². The molecule has 0 unspecified atom stereocenters. The van der Waals surface area contributed by atoms with E-state index in [0.29, 0.717) is 17.2 Å². The highest BCUT2D eigenvalue weighted by Gasteiger charge is 2.37. The minimum absolute atomic E-state index is 0.202. The van der Waals surface area contributed by atoms with Crippen LogP contribution in [-0.4, -0.2) is 55.5 Å². The third-order valence-corrected chi connectivity index (χ3v) is 4.69. The van der Waals surface area contributed by atoms with Gasteiger partial charge in [-0.15, -0.1) is 0 Å². The van der Waals surface area contributed by atoms with Gasteiger partial charge in [0.05, 0.1) is 24.9 Å². The number of alkyl halides is 3. The minimum Gasteiger partial charge on any atom is -0.495 e. The molecule has 1 N–H and O–H groups in total. The lowest BCUT2D eigenvalue weighted by Gasteiger charge is -2.19. The zero-order chi connectivity index (χ0) is 22.1. The fourth-order valence-electron chi connectivity index (χ4n) is 3.03. The predicted molar refractivity (Wildman–Crippen MR) is 103 cm³/mol. The molecule has 3 rings (SSSR count). The zero-order valence-electron chi connectivity index (χ0n) is 16.5. The van der Waals surface area contributed by atoms with Crippen LogP contribution in [0.1, 0.15) is 5.56 Å². The summed E-state index contributed by atoms with van der Waals surface area (Å²) in [6, 6.07) is 7.94. The van der Waals surface area contributed by atoms with E-state index in [2.05, 4.69) is 5.32 Å². The second kappa shape index (κ2) is 8.13. The van der Waals surface area contributed by atoms with Crippen LogP contribution in [0.25, 0.3) is 0 Å². The number of hydrogen-bond donors (Lipinski definition) is 1. The topological polar surface area (TPSA) is 71.1 Å². The Morgan fingerprint density at radius 3 is 2.27 bits per heavy atom. The molecule has 1 atom stereocenters. The van der Waals surface area contributed by atoms with Crippen LogP contribution < -0.4 is 14.8 Å². The fraction of sp³-hybridized carbons (Fsp3) is 0.300.